The van der Waals surface area contributed by atoms with Gasteiger partial charge in [-0.25, -0.2) is 0 Å². The molecule has 1 aliphatic rings. The molecule has 1 atom stereocenters. The molecule has 0 spiro atoms. The van der Waals surface area contributed by atoms with Crippen molar-refractivity contribution in [2.24, 2.45) is 5.92 Å². The lowest BCUT2D eigenvalue weighted by molar-refractivity contribution is 0.614. The van der Waals surface area contributed by atoms with Crippen LogP contribution in [-0.4, -0.2) is 0 Å². The Labute approximate surface area is 108 Å². The Kier molecular flexibility index (Phi) is 7.79. The Balaban J connectivity index is 1.95. The summed E-state index contributed by atoms with van der Waals surface area (Å²) >= 11 is 0. The largest absolute Gasteiger partial charge is 0.0917 e. The van der Waals surface area contributed by atoms with Crippen molar-refractivity contribution in [1.29, 1.82) is 0 Å². The van der Waals surface area contributed by atoms with Gasteiger partial charge in [0.15, 0.2) is 0 Å². The molecule has 0 amide bonds. The predicted molar refractivity (Wildman–Crippen MR) is 78.1 cm³/mol. The molecular weight excluding hydrogens is 204 g/mol. The van der Waals surface area contributed by atoms with Gasteiger partial charge in [0.1, 0.15) is 0 Å². The van der Waals surface area contributed by atoms with Crippen molar-refractivity contribution in [3.63, 3.8) is 0 Å². The molecule has 17 heavy (non-hydrogen) atoms. The molecule has 0 aromatic rings. The number of rotatable bonds is 8. The first-order valence-corrected chi connectivity index (χ1v) is 7.31. The zero-order valence-electron chi connectivity index (χ0n) is 11.6. The second-order valence-electron chi connectivity index (χ2n) is 5.23. The lowest BCUT2D eigenvalue weighted by Crippen LogP contribution is -1.95. The Morgan fingerprint density at radius 1 is 1.18 bits per heavy atom. The van der Waals surface area contributed by atoms with Crippen LogP contribution in [0.15, 0.2) is 36.0 Å². The monoisotopic (exact) mass is 232 g/mol. The molecule has 96 valence electrons. The van der Waals surface area contributed by atoms with E-state index in [1.165, 1.54) is 51.4 Å². The molecule has 1 rings (SSSR count). The van der Waals surface area contributed by atoms with Crippen LogP contribution >= 0.6 is 0 Å². The maximum atomic E-state index is 2.45. The standard InChI is InChI=1S/C17H28/c1-3-4-5-6-7-8-9-10-13-17-14-11-12-16(2)15-17/h3-4,11,14-16H,5-10,12-13H2,1-2H3/b4-3+. The van der Waals surface area contributed by atoms with E-state index in [2.05, 4.69) is 44.2 Å². The number of unbranched alkanes of at least 4 members (excludes halogenated alkanes) is 5. The van der Waals surface area contributed by atoms with E-state index >= 15 is 0 Å². The van der Waals surface area contributed by atoms with E-state index in [-0.39, 0.29) is 0 Å². The quantitative estimate of drug-likeness (QED) is 0.365. The third kappa shape index (κ3) is 7.20. The molecule has 0 aromatic heterocycles. The van der Waals surface area contributed by atoms with Crippen molar-refractivity contribution in [2.45, 2.75) is 65.2 Å². The number of hydrogen-bond donors (Lipinski definition) is 0. The Morgan fingerprint density at radius 2 is 1.94 bits per heavy atom. The lowest BCUT2D eigenvalue weighted by atomic mass is 9.94. The minimum absolute atomic E-state index is 0.760. The van der Waals surface area contributed by atoms with Crippen LogP contribution in [0.3, 0.4) is 0 Å². The van der Waals surface area contributed by atoms with Crippen LogP contribution in [-0.2, 0) is 0 Å². The molecule has 0 nitrogen and oxygen atoms in total. The third-order valence-corrected chi connectivity index (χ3v) is 3.41. The van der Waals surface area contributed by atoms with Crippen LogP contribution in [0.2, 0.25) is 0 Å². The predicted octanol–water partition coefficient (Wildman–Crippen LogP) is 5.82. The van der Waals surface area contributed by atoms with Crippen molar-refractivity contribution in [3.8, 4) is 0 Å². The lowest BCUT2D eigenvalue weighted by Gasteiger charge is -2.11. The summed E-state index contributed by atoms with van der Waals surface area (Å²) in [7, 11) is 0. The molecule has 0 bridgehead atoms. The summed E-state index contributed by atoms with van der Waals surface area (Å²) < 4.78 is 0. The minimum atomic E-state index is 0.760. The fraction of sp³-hybridized carbons (Fsp3) is 0.647. The highest BCUT2D eigenvalue weighted by molar-refractivity contribution is 5.23. The van der Waals surface area contributed by atoms with E-state index in [0.29, 0.717) is 0 Å². The van der Waals surface area contributed by atoms with Gasteiger partial charge in [0.05, 0.1) is 0 Å². The van der Waals surface area contributed by atoms with Crippen LogP contribution in [0.5, 0.6) is 0 Å². The van der Waals surface area contributed by atoms with E-state index in [1.807, 2.05) is 0 Å². The Morgan fingerprint density at radius 3 is 2.71 bits per heavy atom. The second kappa shape index (κ2) is 9.27. The molecule has 0 saturated heterocycles. The molecule has 1 unspecified atom stereocenters. The minimum Gasteiger partial charge on any atom is -0.0917 e. The van der Waals surface area contributed by atoms with E-state index in [0.717, 1.165) is 5.92 Å². The normalized spacial score (nSPS) is 19.9. The van der Waals surface area contributed by atoms with Crippen LogP contribution in [0.25, 0.3) is 0 Å². The Hall–Kier alpha value is -0.780. The van der Waals surface area contributed by atoms with Crippen molar-refractivity contribution < 1.29 is 0 Å². The zero-order valence-corrected chi connectivity index (χ0v) is 11.6. The van der Waals surface area contributed by atoms with Crippen molar-refractivity contribution in [1.82, 2.24) is 0 Å². The van der Waals surface area contributed by atoms with Crippen molar-refractivity contribution in [3.05, 3.63) is 36.0 Å². The fourth-order valence-electron chi connectivity index (χ4n) is 2.38. The first-order valence-electron chi connectivity index (χ1n) is 7.31. The zero-order chi connectivity index (χ0) is 12.3. The average Bonchev–Trinajstić information content (AvgIpc) is 2.33. The van der Waals surface area contributed by atoms with E-state index in [1.54, 1.807) is 5.57 Å². The number of allylic oxidation sites excluding steroid dienone is 6. The summed E-state index contributed by atoms with van der Waals surface area (Å²) in [5.41, 5.74) is 1.57. The van der Waals surface area contributed by atoms with Gasteiger partial charge in [-0.1, -0.05) is 62.1 Å². The van der Waals surface area contributed by atoms with Gasteiger partial charge in [-0.15, -0.1) is 0 Å². The van der Waals surface area contributed by atoms with E-state index < -0.39 is 0 Å². The van der Waals surface area contributed by atoms with Gasteiger partial charge < -0.3 is 0 Å². The van der Waals surface area contributed by atoms with Crippen molar-refractivity contribution >= 4 is 0 Å². The Bertz CT molecular complexity index is 268. The average molecular weight is 232 g/mol. The SMILES string of the molecule is C/C=C/CCCCCCCC1=CC(C)CC=C1. The van der Waals surface area contributed by atoms with Gasteiger partial charge in [-0.2, -0.15) is 0 Å². The van der Waals surface area contributed by atoms with E-state index in [9.17, 15) is 0 Å². The van der Waals surface area contributed by atoms with Gasteiger partial charge in [0.25, 0.3) is 0 Å². The summed E-state index contributed by atoms with van der Waals surface area (Å²) in [6, 6.07) is 0. The first kappa shape index (κ1) is 14.3. The summed E-state index contributed by atoms with van der Waals surface area (Å²) in [4.78, 5) is 0. The first-order chi connectivity index (χ1) is 8.33. The smallest absolute Gasteiger partial charge is 0.0221 e. The maximum Gasteiger partial charge on any atom is -0.0221 e. The van der Waals surface area contributed by atoms with Crippen LogP contribution in [0.4, 0.5) is 0 Å². The van der Waals surface area contributed by atoms with Crippen LogP contribution in [0.1, 0.15) is 65.2 Å². The topological polar surface area (TPSA) is 0 Å². The highest BCUT2D eigenvalue weighted by Crippen LogP contribution is 2.20. The molecule has 0 saturated carbocycles. The summed E-state index contributed by atoms with van der Waals surface area (Å²) in [5, 5.41) is 0. The van der Waals surface area contributed by atoms with Gasteiger partial charge in [-0.3, -0.25) is 0 Å². The molecule has 0 heteroatoms. The third-order valence-electron chi connectivity index (χ3n) is 3.41. The van der Waals surface area contributed by atoms with Gasteiger partial charge in [0.2, 0.25) is 0 Å². The van der Waals surface area contributed by atoms with Crippen molar-refractivity contribution in [2.75, 3.05) is 0 Å². The highest BCUT2D eigenvalue weighted by Gasteiger charge is 2.03. The molecular formula is C17H28. The molecule has 0 radical (unpaired) electrons. The summed E-state index contributed by atoms with van der Waals surface area (Å²) in [6.45, 7) is 4.41. The summed E-state index contributed by atoms with van der Waals surface area (Å²) in [5.74, 6) is 0.760. The second-order valence-corrected chi connectivity index (χ2v) is 5.23. The fourth-order valence-corrected chi connectivity index (χ4v) is 2.38. The molecule has 1 aliphatic carbocycles. The molecule has 0 N–H and O–H groups in total. The highest BCUT2D eigenvalue weighted by atomic mass is 14.1. The van der Waals surface area contributed by atoms with Crippen LogP contribution in [0, 0.1) is 5.92 Å². The van der Waals surface area contributed by atoms with Crippen LogP contribution < -0.4 is 0 Å². The molecule has 0 heterocycles. The molecule has 0 aromatic carbocycles. The van der Waals surface area contributed by atoms with Gasteiger partial charge in [0, 0.05) is 0 Å². The van der Waals surface area contributed by atoms with E-state index in [4.69, 9.17) is 0 Å². The molecule has 0 fully saturated rings. The van der Waals surface area contributed by atoms with Gasteiger partial charge >= 0.3 is 0 Å². The number of hydrogen-bond acceptors (Lipinski definition) is 0. The van der Waals surface area contributed by atoms with Gasteiger partial charge in [-0.05, 0) is 44.9 Å². The molecule has 0 aliphatic heterocycles. The summed E-state index contributed by atoms with van der Waals surface area (Å²) in [6.07, 6.45) is 22.3. The maximum absolute atomic E-state index is 2.45.